The van der Waals surface area contributed by atoms with Crippen LogP contribution in [0.15, 0.2) is 36.4 Å². The van der Waals surface area contributed by atoms with Gasteiger partial charge in [0.25, 0.3) is 0 Å². The first-order valence-electron chi connectivity index (χ1n) is 8.82. The Morgan fingerprint density at radius 1 is 1.19 bits per heavy atom. The molecule has 1 heterocycles. The molecular weight excluding hydrogens is 354 g/mol. The number of hydrogen-bond acceptors (Lipinski definition) is 4. The summed E-state index contributed by atoms with van der Waals surface area (Å²) in [7, 11) is 1.46. The van der Waals surface area contributed by atoms with Crippen molar-refractivity contribution in [2.24, 2.45) is 0 Å². The first-order valence-corrected chi connectivity index (χ1v) is 8.82. The third-order valence-corrected chi connectivity index (χ3v) is 4.51. The fourth-order valence-corrected chi connectivity index (χ4v) is 3.00. The van der Waals surface area contributed by atoms with Crippen LogP contribution in [0, 0.1) is 11.6 Å². The van der Waals surface area contributed by atoms with E-state index in [4.69, 9.17) is 9.47 Å². The van der Waals surface area contributed by atoms with Gasteiger partial charge in [-0.15, -0.1) is 0 Å². The molecule has 0 radical (unpaired) electrons. The Balaban J connectivity index is 1.67. The first-order chi connectivity index (χ1) is 13.1. The van der Waals surface area contributed by atoms with Crippen molar-refractivity contribution >= 4 is 5.91 Å². The lowest BCUT2D eigenvalue weighted by Gasteiger charge is -2.15. The van der Waals surface area contributed by atoms with Gasteiger partial charge in [0.1, 0.15) is 18.2 Å². The Morgan fingerprint density at radius 2 is 2.00 bits per heavy atom. The van der Waals surface area contributed by atoms with E-state index < -0.39 is 11.6 Å². The molecule has 2 aromatic carbocycles. The van der Waals surface area contributed by atoms with Crippen LogP contribution in [0.3, 0.4) is 0 Å². The molecule has 1 atom stereocenters. The van der Waals surface area contributed by atoms with Crippen LogP contribution in [0.1, 0.15) is 24.0 Å². The average Bonchev–Trinajstić information content (AvgIpc) is 3.21. The van der Waals surface area contributed by atoms with Gasteiger partial charge in [-0.1, -0.05) is 18.2 Å². The van der Waals surface area contributed by atoms with E-state index in [1.807, 2.05) is 0 Å². The second-order valence-electron chi connectivity index (χ2n) is 6.34. The Labute approximate surface area is 156 Å². The molecule has 0 spiro atoms. The molecule has 1 fully saturated rings. The monoisotopic (exact) mass is 376 g/mol. The molecule has 144 valence electrons. The van der Waals surface area contributed by atoms with Gasteiger partial charge in [-0.25, -0.2) is 8.78 Å². The molecule has 5 nitrogen and oxygen atoms in total. The van der Waals surface area contributed by atoms with Gasteiger partial charge in [-0.3, -0.25) is 4.79 Å². The van der Waals surface area contributed by atoms with E-state index in [9.17, 15) is 13.6 Å². The maximum absolute atomic E-state index is 14.4. The number of halogens is 2. The van der Waals surface area contributed by atoms with Crippen LogP contribution in [0.4, 0.5) is 8.78 Å². The van der Waals surface area contributed by atoms with Gasteiger partial charge in [0.2, 0.25) is 5.91 Å². The van der Waals surface area contributed by atoms with Gasteiger partial charge in [-0.05, 0) is 31.5 Å². The van der Waals surface area contributed by atoms with Crippen molar-refractivity contribution in [2.45, 2.75) is 32.0 Å². The summed E-state index contributed by atoms with van der Waals surface area (Å²) in [5, 5.41) is 5.90. The van der Waals surface area contributed by atoms with Gasteiger partial charge in [0.05, 0.1) is 13.2 Å². The van der Waals surface area contributed by atoms with Gasteiger partial charge in [0, 0.05) is 23.7 Å². The Bertz CT molecular complexity index is 808. The third kappa shape index (κ3) is 4.74. The number of methoxy groups -OCH3 is 1. The maximum atomic E-state index is 14.4. The number of ether oxygens (including phenoxy) is 2. The lowest BCUT2D eigenvalue weighted by molar-refractivity contribution is -0.122. The Hall–Kier alpha value is -2.67. The molecule has 1 unspecified atom stereocenters. The molecule has 2 aromatic rings. The number of nitrogens with one attached hydrogen (secondary N) is 2. The van der Waals surface area contributed by atoms with Crippen LogP contribution >= 0.6 is 0 Å². The fourth-order valence-electron chi connectivity index (χ4n) is 3.00. The SMILES string of the molecule is COc1cc(OCc2ccccc2F)c(F)cc1CNC(=O)C1CCCN1. The topological polar surface area (TPSA) is 59.6 Å². The highest BCUT2D eigenvalue weighted by atomic mass is 19.1. The largest absolute Gasteiger partial charge is 0.496 e. The number of carbonyl (C=O) groups excluding carboxylic acids is 1. The molecule has 1 aliphatic heterocycles. The second kappa shape index (κ2) is 8.81. The maximum Gasteiger partial charge on any atom is 0.237 e. The van der Waals surface area contributed by atoms with Crippen molar-refractivity contribution < 1.29 is 23.0 Å². The molecular formula is C20H22F2N2O3. The highest BCUT2D eigenvalue weighted by Gasteiger charge is 2.22. The zero-order valence-electron chi connectivity index (χ0n) is 15.1. The van der Waals surface area contributed by atoms with Gasteiger partial charge < -0.3 is 20.1 Å². The minimum atomic E-state index is -0.602. The van der Waals surface area contributed by atoms with E-state index in [0.717, 1.165) is 19.4 Å². The van der Waals surface area contributed by atoms with Gasteiger partial charge in [-0.2, -0.15) is 0 Å². The summed E-state index contributed by atoms with van der Waals surface area (Å²) < 4.78 is 38.8. The molecule has 0 aliphatic carbocycles. The van der Waals surface area contributed by atoms with E-state index in [1.54, 1.807) is 18.2 Å². The van der Waals surface area contributed by atoms with Crippen LogP contribution in [0.5, 0.6) is 11.5 Å². The first kappa shape index (κ1) is 19.1. The Morgan fingerprint density at radius 3 is 2.70 bits per heavy atom. The molecule has 1 amide bonds. The number of carbonyl (C=O) groups is 1. The van der Waals surface area contributed by atoms with Crippen molar-refractivity contribution in [3.63, 3.8) is 0 Å². The van der Waals surface area contributed by atoms with E-state index in [1.165, 1.54) is 25.3 Å². The van der Waals surface area contributed by atoms with Gasteiger partial charge >= 0.3 is 0 Å². The minimum absolute atomic E-state index is 0.0392. The molecule has 0 bridgehead atoms. The van der Waals surface area contributed by atoms with Crippen LogP contribution < -0.4 is 20.1 Å². The molecule has 1 aliphatic rings. The third-order valence-electron chi connectivity index (χ3n) is 4.51. The van der Waals surface area contributed by atoms with Crippen LogP contribution in [-0.2, 0) is 17.9 Å². The zero-order chi connectivity index (χ0) is 19.2. The number of hydrogen-bond donors (Lipinski definition) is 2. The lowest BCUT2D eigenvalue weighted by atomic mass is 10.1. The number of amides is 1. The molecule has 2 N–H and O–H groups in total. The minimum Gasteiger partial charge on any atom is -0.496 e. The van der Waals surface area contributed by atoms with Crippen LogP contribution in [0.2, 0.25) is 0 Å². The molecule has 3 rings (SSSR count). The summed E-state index contributed by atoms with van der Waals surface area (Å²) in [6, 6.07) is 8.62. The highest BCUT2D eigenvalue weighted by molar-refractivity contribution is 5.82. The predicted molar refractivity (Wildman–Crippen MR) is 96.6 cm³/mol. The zero-order valence-corrected chi connectivity index (χ0v) is 15.1. The smallest absolute Gasteiger partial charge is 0.237 e. The molecule has 7 heteroatoms. The second-order valence-corrected chi connectivity index (χ2v) is 6.34. The summed E-state index contributed by atoms with van der Waals surface area (Å²) in [6.07, 6.45) is 1.75. The summed E-state index contributed by atoms with van der Waals surface area (Å²) in [5.41, 5.74) is 0.829. The number of rotatable bonds is 7. The van der Waals surface area contributed by atoms with Crippen LogP contribution in [-0.4, -0.2) is 25.6 Å². The summed E-state index contributed by atoms with van der Waals surface area (Å²) in [5.74, 6) is -0.780. The predicted octanol–water partition coefficient (Wildman–Crippen LogP) is 2.92. The quantitative estimate of drug-likeness (QED) is 0.780. The van der Waals surface area contributed by atoms with Crippen molar-refractivity contribution in [3.05, 3.63) is 59.2 Å². The van der Waals surface area contributed by atoms with E-state index in [2.05, 4.69) is 10.6 Å². The standard InChI is InChI=1S/C20H22F2N2O3/c1-26-18-10-19(27-12-13-5-2-3-6-15(13)21)16(22)9-14(18)11-24-20(25)17-7-4-8-23-17/h2-3,5-6,9-10,17,23H,4,7-8,11-12H2,1H3,(H,24,25). The average molecular weight is 376 g/mol. The fraction of sp³-hybridized carbons (Fsp3) is 0.350. The summed E-state index contributed by atoms with van der Waals surface area (Å²) in [6.45, 7) is 0.866. The van der Waals surface area contributed by atoms with Crippen LogP contribution in [0.25, 0.3) is 0 Å². The lowest BCUT2D eigenvalue weighted by Crippen LogP contribution is -2.40. The molecule has 1 saturated heterocycles. The summed E-state index contributed by atoms with van der Waals surface area (Å²) >= 11 is 0. The van der Waals surface area contributed by atoms with Gasteiger partial charge in [0.15, 0.2) is 11.6 Å². The normalized spacial score (nSPS) is 16.2. The van der Waals surface area contributed by atoms with E-state index >= 15 is 0 Å². The Kier molecular flexibility index (Phi) is 6.24. The van der Waals surface area contributed by atoms with Crippen molar-refractivity contribution in [2.75, 3.05) is 13.7 Å². The highest BCUT2D eigenvalue weighted by Crippen LogP contribution is 2.29. The molecule has 0 aromatic heterocycles. The van der Waals surface area contributed by atoms with Crippen molar-refractivity contribution in [1.29, 1.82) is 0 Å². The molecule has 27 heavy (non-hydrogen) atoms. The van der Waals surface area contributed by atoms with E-state index in [0.29, 0.717) is 16.9 Å². The van der Waals surface area contributed by atoms with E-state index in [-0.39, 0.29) is 30.9 Å². The summed E-state index contributed by atoms with van der Waals surface area (Å²) in [4.78, 5) is 12.1. The molecule has 0 saturated carbocycles. The van der Waals surface area contributed by atoms with Crippen molar-refractivity contribution in [3.8, 4) is 11.5 Å². The van der Waals surface area contributed by atoms with Crippen molar-refractivity contribution in [1.82, 2.24) is 10.6 Å². The number of benzene rings is 2.